The first-order chi connectivity index (χ1) is 13.5. The Hall–Kier alpha value is -2.57. The number of carbonyl (C=O) groups excluding carboxylic acids is 2. The van der Waals surface area contributed by atoms with Crippen molar-refractivity contribution >= 4 is 34.8 Å². The van der Waals surface area contributed by atoms with Crippen LogP contribution >= 0.6 is 11.6 Å². The molecule has 1 aliphatic heterocycles. The van der Waals surface area contributed by atoms with Crippen molar-refractivity contribution in [3.8, 4) is 5.75 Å². The predicted octanol–water partition coefficient (Wildman–Crippen LogP) is 3.55. The second kappa shape index (κ2) is 9.08. The Morgan fingerprint density at radius 2 is 2.00 bits per heavy atom. The fraction of sp³-hybridized carbons (Fsp3) is 0.333. The smallest absolute Gasteiger partial charge is 0.265 e. The Kier molecular flexibility index (Phi) is 6.54. The summed E-state index contributed by atoms with van der Waals surface area (Å²) in [5, 5.41) is 3.36. The maximum atomic E-state index is 12.6. The van der Waals surface area contributed by atoms with Crippen LogP contribution in [0.5, 0.6) is 5.75 Å². The Morgan fingerprint density at radius 3 is 2.75 bits per heavy atom. The van der Waals surface area contributed by atoms with Gasteiger partial charge in [0.25, 0.3) is 5.91 Å². The molecular weight excluding hydrogens is 378 g/mol. The van der Waals surface area contributed by atoms with Crippen LogP contribution in [-0.4, -0.2) is 43.0 Å². The van der Waals surface area contributed by atoms with Crippen molar-refractivity contribution in [1.82, 2.24) is 4.90 Å². The molecule has 28 heavy (non-hydrogen) atoms. The average Bonchev–Trinajstić information content (AvgIpc) is 2.68. The zero-order chi connectivity index (χ0) is 20.1. The lowest BCUT2D eigenvalue weighted by Crippen LogP contribution is -2.43. The predicted molar refractivity (Wildman–Crippen MR) is 111 cm³/mol. The molecular formula is C21H24ClN3O3. The molecule has 2 aromatic rings. The van der Waals surface area contributed by atoms with Crippen molar-refractivity contribution in [2.24, 2.45) is 0 Å². The summed E-state index contributed by atoms with van der Waals surface area (Å²) in [4.78, 5) is 28.5. The number of fused-ring (bicyclic) bond motifs is 1. The van der Waals surface area contributed by atoms with Gasteiger partial charge in [-0.3, -0.25) is 19.4 Å². The molecule has 3 rings (SSSR count). The number of nitrogens with one attached hydrogen (secondary N) is 1. The Labute approximate surface area is 170 Å². The average molecular weight is 402 g/mol. The molecule has 7 heteroatoms. The number of ether oxygens (including phenoxy) is 1. The van der Waals surface area contributed by atoms with Crippen LogP contribution in [0.4, 0.5) is 11.4 Å². The first kappa shape index (κ1) is 20.2. The van der Waals surface area contributed by atoms with Crippen LogP contribution in [0.3, 0.4) is 0 Å². The van der Waals surface area contributed by atoms with Gasteiger partial charge < -0.3 is 10.1 Å². The van der Waals surface area contributed by atoms with E-state index in [2.05, 4.69) is 24.1 Å². The highest BCUT2D eigenvalue weighted by molar-refractivity contribution is 6.31. The molecule has 6 nitrogen and oxygen atoms in total. The monoisotopic (exact) mass is 401 g/mol. The molecule has 1 aliphatic rings. The van der Waals surface area contributed by atoms with E-state index >= 15 is 0 Å². The summed E-state index contributed by atoms with van der Waals surface area (Å²) in [7, 11) is 0. The first-order valence-electron chi connectivity index (χ1n) is 9.34. The lowest BCUT2D eigenvalue weighted by Gasteiger charge is -2.29. The van der Waals surface area contributed by atoms with Gasteiger partial charge in [0.1, 0.15) is 12.3 Å². The molecule has 0 radical (unpaired) electrons. The second-order valence-corrected chi connectivity index (χ2v) is 7.03. The minimum Gasteiger partial charge on any atom is -0.482 e. The Morgan fingerprint density at radius 1 is 1.21 bits per heavy atom. The van der Waals surface area contributed by atoms with E-state index in [-0.39, 0.29) is 25.0 Å². The third-order valence-corrected chi connectivity index (χ3v) is 4.91. The molecule has 0 fully saturated rings. The van der Waals surface area contributed by atoms with Gasteiger partial charge in [0.05, 0.1) is 5.69 Å². The summed E-state index contributed by atoms with van der Waals surface area (Å²) < 4.78 is 5.41. The summed E-state index contributed by atoms with van der Waals surface area (Å²) in [6, 6.07) is 12.8. The van der Waals surface area contributed by atoms with Gasteiger partial charge in [0.2, 0.25) is 5.91 Å². The number of hydrogen-bond donors (Lipinski definition) is 1. The third kappa shape index (κ3) is 4.82. The fourth-order valence-electron chi connectivity index (χ4n) is 3.15. The molecule has 0 saturated carbocycles. The maximum Gasteiger partial charge on any atom is 0.265 e. The van der Waals surface area contributed by atoms with E-state index < -0.39 is 0 Å². The number of halogens is 1. The molecule has 0 bridgehead atoms. The van der Waals surface area contributed by atoms with Gasteiger partial charge in [-0.25, -0.2) is 0 Å². The molecule has 0 aliphatic carbocycles. The van der Waals surface area contributed by atoms with E-state index in [1.165, 1.54) is 4.90 Å². The van der Waals surface area contributed by atoms with E-state index in [4.69, 9.17) is 16.3 Å². The number of carbonyl (C=O) groups is 2. The quantitative estimate of drug-likeness (QED) is 0.770. The van der Waals surface area contributed by atoms with Crippen LogP contribution in [-0.2, 0) is 16.1 Å². The van der Waals surface area contributed by atoms with Crippen molar-refractivity contribution in [1.29, 1.82) is 0 Å². The Balaban J connectivity index is 1.69. The lowest BCUT2D eigenvalue weighted by atomic mass is 10.2. The van der Waals surface area contributed by atoms with Crippen molar-refractivity contribution in [2.45, 2.75) is 20.4 Å². The summed E-state index contributed by atoms with van der Waals surface area (Å²) in [5.74, 6) is -0.0145. The molecule has 0 atom stereocenters. The number of nitrogens with zero attached hydrogens (tertiary/aromatic N) is 2. The highest BCUT2D eigenvalue weighted by Crippen LogP contribution is 2.34. The van der Waals surface area contributed by atoms with Crippen LogP contribution in [0, 0.1) is 0 Å². The van der Waals surface area contributed by atoms with Gasteiger partial charge in [0, 0.05) is 17.3 Å². The molecule has 0 unspecified atom stereocenters. The van der Waals surface area contributed by atoms with Crippen molar-refractivity contribution in [3.05, 3.63) is 53.1 Å². The number of amides is 2. The topological polar surface area (TPSA) is 61.9 Å². The van der Waals surface area contributed by atoms with E-state index in [1.54, 1.807) is 18.2 Å². The van der Waals surface area contributed by atoms with Gasteiger partial charge >= 0.3 is 0 Å². The normalized spacial score (nSPS) is 13.3. The SMILES string of the molecule is CCN(CC)Cc1cccc(NC(=O)CN2C(=O)COc3ccc(Cl)cc32)c1. The number of anilines is 2. The molecule has 0 aromatic heterocycles. The minimum atomic E-state index is -0.278. The standard InChI is InChI=1S/C21H24ClN3O3/c1-3-24(4-2)12-15-6-5-7-17(10-15)23-20(26)13-25-18-11-16(22)8-9-19(18)28-14-21(25)27/h5-11H,3-4,12-14H2,1-2H3,(H,23,26). The molecule has 1 heterocycles. The van der Waals surface area contributed by atoms with Gasteiger partial charge in [-0.15, -0.1) is 0 Å². The summed E-state index contributed by atoms with van der Waals surface area (Å²) in [6.07, 6.45) is 0. The molecule has 0 spiro atoms. The fourth-order valence-corrected chi connectivity index (χ4v) is 3.31. The lowest BCUT2D eigenvalue weighted by molar-refractivity contribution is -0.123. The van der Waals surface area contributed by atoms with Gasteiger partial charge in [-0.1, -0.05) is 37.6 Å². The van der Waals surface area contributed by atoms with Gasteiger partial charge in [0.15, 0.2) is 6.61 Å². The molecule has 1 N–H and O–H groups in total. The highest BCUT2D eigenvalue weighted by atomic mass is 35.5. The molecule has 148 valence electrons. The van der Waals surface area contributed by atoms with E-state index in [0.29, 0.717) is 22.1 Å². The number of benzene rings is 2. The van der Waals surface area contributed by atoms with Crippen LogP contribution < -0.4 is 15.0 Å². The van der Waals surface area contributed by atoms with Crippen molar-refractivity contribution in [3.63, 3.8) is 0 Å². The minimum absolute atomic E-state index is 0.0960. The first-order valence-corrected chi connectivity index (χ1v) is 9.71. The highest BCUT2D eigenvalue weighted by Gasteiger charge is 2.27. The Bertz CT molecular complexity index is 868. The molecule has 0 saturated heterocycles. The summed E-state index contributed by atoms with van der Waals surface area (Å²) in [5.41, 5.74) is 2.34. The largest absolute Gasteiger partial charge is 0.482 e. The van der Waals surface area contributed by atoms with E-state index in [9.17, 15) is 9.59 Å². The number of rotatable bonds is 7. The molecule has 2 amide bonds. The summed E-state index contributed by atoms with van der Waals surface area (Å²) in [6.45, 7) is 6.81. The van der Waals surface area contributed by atoms with Gasteiger partial charge in [-0.05, 0) is 49.0 Å². The van der Waals surface area contributed by atoms with Gasteiger partial charge in [-0.2, -0.15) is 0 Å². The van der Waals surface area contributed by atoms with Crippen LogP contribution in [0.1, 0.15) is 19.4 Å². The van der Waals surface area contributed by atoms with Crippen molar-refractivity contribution < 1.29 is 14.3 Å². The van der Waals surface area contributed by atoms with E-state index in [0.717, 1.165) is 25.2 Å². The summed E-state index contributed by atoms with van der Waals surface area (Å²) >= 11 is 6.04. The van der Waals surface area contributed by atoms with Crippen molar-refractivity contribution in [2.75, 3.05) is 36.5 Å². The third-order valence-electron chi connectivity index (χ3n) is 4.68. The zero-order valence-corrected chi connectivity index (χ0v) is 16.8. The number of hydrogen-bond acceptors (Lipinski definition) is 4. The van der Waals surface area contributed by atoms with Crippen LogP contribution in [0.15, 0.2) is 42.5 Å². The van der Waals surface area contributed by atoms with E-state index in [1.807, 2.05) is 24.3 Å². The van der Waals surface area contributed by atoms with Crippen LogP contribution in [0.2, 0.25) is 5.02 Å². The van der Waals surface area contributed by atoms with Crippen LogP contribution in [0.25, 0.3) is 0 Å². The second-order valence-electron chi connectivity index (χ2n) is 6.59. The maximum absolute atomic E-state index is 12.6. The zero-order valence-electron chi connectivity index (χ0n) is 16.1. The molecule has 2 aromatic carbocycles.